The first-order valence-electron chi connectivity index (χ1n) is 5.34. The van der Waals surface area contributed by atoms with E-state index in [1.54, 1.807) is 0 Å². The van der Waals surface area contributed by atoms with Crippen molar-refractivity contribution in [3.8, 4) is 0 Å². The summed E-state index contributed by atoms with van der Waals surface area (Å²) in [7, 11) is -1.40. The van der Waals surface area contributed by atoms with E-state index < -0.39 is 7.12 Å². The SMILES string of the molecule is OB(O)c1cc2c3c(cccc3c1)CC=C2. The largest absolute Gasteiger partial charge is 0.488 e. The van der Waals surface area contributed by atoms with Gasteiger partial charge in [-0.15, -0.1) is 0 Å². The normalized spacial score (nSPS) is 13.1. The summed E-state index contributed by atoms with van der Waals surface area (Å²) in [5.41, 5.74) is 2.92. The van der Waals surface area contributed by atoms with Gasteiger partial charge >= 0.3 is 7.12 Å². The Morgan fingerprint density at radius 3 is 2.81 bits per heavy atom. The third kappa shape index (κ3) is 1.37. The van der Waals surface area contributed by atoms with Crippen LogP contribution < -0.4 is 5.46 Å². The highest BCUT2D eigenvalue weighted by Gasteiger charge is 2.15. The smallest absolute Gasteiger partial charge is 0.423 e. The standard InChI is InChI=1S/C13H11BO2/c15-14(16)12-7-10-5-1-3-9-4-2-6-11(8-12)13(9)10/h1-3,5-8,15-16H,4H2. The van der Waals surface area contributed by atoms with Crippen LogP contribution >= 0.6 is 0 Å². The van der Waals surface area contributed by atoms with Gasteiger partial charge in [-0.25, -0.2) is 0 Å². The third-order valence-corrected chi connectivity index (χ3v) is 3.05. The summed E-state index contributed by atoms with van der Waals surface area (Å²) in [5.74, 6) is 0. The van der Waals surface area contributed by atoms with Gasteiger partial charge in [-0.05, 0) is 33.8 Å². The van der Waals surface area contributed by atoms with Crippen LogP contribution in [0.25, 0.3) is 16.8 Å². The minimum atomic E-state index is -1.40. The van der Waals surface area contributed by atoms with Crippen LogP contribution in [-0.4, -0.2) is 17.2 Å². The van der Waals surface area contributed by atoms with E-state index >= 15 is 0 Å². The molecule has 0 saturated carbocycles. The highest BCUT2D eigenvalue weighted by Crippen LogP contribution is 2.27. The summed E-state index contributed by atoms with van der Waals surface area (Å²) in [6, 6.07) is 9.81. The van der Waals surface area contributed by atoms with E-state index in [4.69, 9.17) is 0 Å². The van der Waals surface area contributed by atoms with Gasteiger partial charge in [0.2, 0.25) is 0 Å². The van der Waals surface area contributed by atoms with Gasteiger partial charge in [0, 0.05) is 0 Å². The lowest BCUT2D eigenvalue weighted by atomic mass is 9.77. The molecule has 2 N–H and O–H groups in total. The highest BCUT2D eigenvalue weighted by atomic mass is 16.4. The van der Waals surface area contributed by atoms with E-state index in [1.807, 2.05) is 30.3 Å². The maximum Gasteiger partial charge on any atom is 0.488 e. The second kappa shape index (κ2) is 3.47. The minimum absolute atomic E-state index is 0.547. The molecule has 0 saturated heterocycles. The van der Waals surface area contributed by atoms with E-state index in [0.29, 0.717) is 5.46 Å². The van der Waals surface area contributed by atoms with Crippen molar-refractivity contribution in [1.29, 1.82) is 0 Å². The first-order valence-corrected chi connectivity index (χ1v) is 5.34. The van der Waals surface area contributed by atoms with Gasteiger partial charge in [-0.3, -0.25) is 0 Å². The van der Waals surface area contributed by atoms with E-state index in [0.717, 1.165) is 17.4 Å². The Hall–Kier alpha value is -1.58. The molecule has 0 heterocycles. The van der Waals surface area contributed by atoms with Crippen molar-refractivity contribution in [2.24, 2.45) is 0 Å². The molecule has 0 unspecified atom stereocenters. The van der Waals surface area contributed by atoms with Crippen molar-refractivity contribution in [2.75, 3.05) is 0 Å². The Balaban J connectivity index is 2.39. The molecular formula is C13H11BO2. The van der Waals surface area contributed by atoms with Crippen LogP contribution in [0.1, 0.15) is 11.1 Å². The predicted octanol–water partition coefficient (Wildman–Crippen LogP) is 1.09. The Labute approximate surface area is 94.0 Å². The Morgan fingerprint density at radius 1 is 1.12 bits per heavy atom. The molecule has 16 heavy (non-hydrogen) atoms. The molecule has 3 heteroatoms. The van der Waals surface area contributed by atoms with Crippen molar-refractivity contribution >= 4 is 29.4 Å². The van der Waals surface area contributed by atoms with Gasteiger partial charge in [0.25, 0.3) is 0 Å². The molecule has 1 aliphatic rings. The molecule has 2 aromatic rings. The number of hydrogen-bond donors (Lipinski definition) is 2. The third-order valence-electron chi connectivity index (χ3n) is 3.05. The van der Waals surface area contributed by atoms with Crippen LogP contribution in [0.5, 0.6) is 0 Å². The van der Waals surface area contributed by atoms with Gasteiger partial charge < -0.3 is 10.0 Å². The minimum Gasteiger partial charge on any atom is -0.423 e. The number of hydrogen-bond acceptors (Lipinski definition) is 2. The summed E-state index contributed by atoms with van der Waals surface area (Å²) < 4.78 is 0. The van der Waals surface area contributed by atoms with Gasteiger partial charge in [0.15, 0.2) is 0 Å². The van der Waals surface area contributed by atoms with Crippen LogP contribution in [0.2, 0.25) is 0 Å². The Morgan fingerprint density at radius 2 is 2.00 bits per heavy atom. The molecule has 0 radical (unpaired) electrons. The fourth-order valence-electron chi connectivity index (χ4n) is 2.33. The summed E-state index contributed by atoms with van der Waals surface area (Å²) >= 11 is 0. The molecule has 0 atom stereocenters. The number of rotatable bonds is 1. The number of allylic oxidation sites excluding steroid dienone is 1. The maximum absolute atomic E-state index is 9.22. The summed E-state index contributed by atoms with van der Waals surface area (Å²) in [5, 5.41) is 20.7. The van der Waals surface area contributed by atoms with E-state index in [2.05, 4.69) is 12.1 Å². The predicted molar refractivity (Wildman–Crippen MR) is 66.5 cm³/mol. The maximum atomic E-state index is 9.22. The molecule has 0 bridgehead atoms. The zero-order chi connectivity index (χ0) is 11.1. The highest BCUT2D eigenvalue weighted by molar-refractivity contribution is 6.59. The van der Waals surface area contributed by atoms with Crippen LogP contribution in [0, 0.1) is 0 Å². The average molecular weight is 210 g/mol. The van der Waals surface area contributed by atoms with Crippen molar-refractivity contribution in [1.82, 2.24) is 0 Å². The summed E-state index contributed by atoms with van der Waals surface area (Å²) in [6.07, 6.45) is 5.09. The molecule has 0 spiro atoms. The van der Waals surface area contributed by atoms with Crippen LogP contribution in [0.4, 0.5) is 0 Å². The lowest BCUT2D eigenvalue weighted by Gasteiger charge is -2.14. The zero-order valence-electron chi connectivity index (χ0n) is 8.72. The van der Waals surface area contributed by atoms with E-state index in [1.165, 1.54) is 10.9 Å². The first kappa shape index (κ1) is 9.64. The molecule has 0 amide bonds. The van der Waals surface area contributed by atoms with Crippen molar-refractivity contribution in [3.63, 3.8) is 0 Å². The summed E-state index contributed by atoms with van der Waals surface area (Å²) in [4.78, 5) is 0. The van der Waals surface area contributed by atoms with Crippen molar-refractivity contribution in [2.45, 2.75) is 6.42 Å². The summed E-state index contributed by atoms with van der Waals surface area (Å²) in [6.45, 7) is 0. The van der Waals surface area contributed by atoms with Gasteiger partial charge in [-0.1, -0.05) is 42.5 Å². The molecule has 0 fully saturated rings. The van der Waals surface area contributed by atoms with Crippen molar-refractivity contribution in [3.05, 3.63) is 47.5 Å². The van der Waals surface area contributed by atoms with Gasteiger partial charge in [0.05, 0.1) is 0 Å². The second-order valence-electron chi connectivity index (χ2n) is 4.11. The molecule has 0 aromatic heterocycles. The quantitative estimate of drug-likeness (QED) is 0.691. The van der Waals surface area contributed by atoms with E-state index in [9.17, 15) is 10.0 Å². The van der Waals surface area contributed by atoms with Gasteiger partial charge in [-0.2, -0.15) is 0 Å². The fourth-order valence-corrected chi connectivity index (χ4v) is 2.33. The monoisotopic (exact) mass is 210 g/mol. The topological polar surface area (TPSA) is 40.5 Å². The number of benzene rings is 2. The molecule has 3 rings (SSSR count). The zero-order valence-corrected chi connectivity index (χ0v) is 8.72. The Kier molecular flexibility index (Phi) is 2.09. The fraction of sp³-hybridized carbons (Fsp3) is 0.0769. The first-order chi connectivity index (χ1) is 7.75. The second-order valence-corrected chi connectivity index (χ2v) is 4.11. The van der Waals surface area contributed by atoms with Crippen molar-refractivity contribution < 1.29 is 10.0 Å². The van der Waals surface area contributed by atoms with E-state index in [-0.39, 0.29) is 0 Å². The van der Waals surface area contributed by atoms with Crippen LogP contribution in [0.15, 0.2) is 36.4 Å². The lowest BCUT2D eigenvalue weighted by Crippen LogP contribution is -2.30. The van der Waals surface area contributed by atoms with Gasteiger partial charge in [0.1, 0.15) is 0 Å². The molecule has 1 aliphatic carbocycles. The molecule has 2 nitrogen and oxygen atoms in total. The molecular weight excluding hydrogens is 199 g/mol. The molecule has 78 valence electrons. The van der Waals surface area contributed by atoms with Crippen LogP contribution in [-0.2, 0) is 6.42 Å². The Bertz CT molecular complexity index is 588. The molecule has 0 aliphatic heterocycles. The van der Waals surface area contributed by atoms with Crippen LogP contribution in [0.3, 0.4) is 0 Å². The molecule has 2 aromatic carbocycles. The lowest BCUT2D eigenvalue weighted by molar-refractivity contribution is 0.426. The average Bonchev–Trinajstić information content (AvgIpc) is 2.29.